The highest BCUT2D eigenvalue weighted by Gasteiger charge is 2.03. The minimum absolute atomic E-state index is 0.933. The molecule has 0 atom stereocenters. The number of quaternary nitrogens is 1. The SMILES string of the molecule is COc1ccccc1C[NH2+]Cc1cc[nH+]cc1. The Bertz CT molecular complexity index is 457. The summed E-state index contributed by atoms with van der Waals surface area (Å²) >= 11 is 0. The predicted molar refractivity (Wildman–Crippen MR) is 65.3 cm³/mol. The van der Waals surface area contributed by atoms with Crippen molar-refractivity contribution in [2.75, 3.05) is 7.11 Å². The summed E-state index contributed by atoms with van der Waals surface area (Å²) in [5.41, 5.74) is 2.55. The monoisotopic (exact) mass is 230 g/mol. The number of ether oxygens (including phenoxy) is 1. The minimum Gasteiger partial charge on any atom is -0.496 e. The lowest BCUT2D eigenvalue weighted by Crippen LogP contribution is -2.80. The molecule has 1 heterocycles. The first kappa shape index (κ1) is 11.6. The van der Waals surface area contributed by atoms with Crippen LogP contribution in [0.25, 0.3) is 0 Å². The Balaban J connectivity index is 1.90. The molecular weight excluding hydrogens is 212 g/mol. The smallest absolute Gasteiger partial charge is 0.167 e. The second kappa shape index (κ2) is 6.01. The molecule has 1 aromatic heterocycles. The third-order valence-corrected chi connectivity index (χ3v) is 2.72. The third-order valence-electron chi connectivity index (χ3n) is 2.72. The number of nitrogens with two attached hydrogens (primary N) is 1. The summed E-state index contributed by atoms with van der Waals surface area (Å²) in [5, 5.41) is 2.27. The molecule has 2 aromatic rings. The topological polar surface area (TPSA) is 40.0 Å². The molecule has 0 bridgehead atoms. The van der Waals surface area contributed by atoms with Crippen LogP contribution in [0.15, 0.2) is 48.8 Å². The molecule has 0 fully saturated rings. The number of rotatable bonds is 5. The molecule has 3 nitrogen and oxygen atoms in total. The van der Waals surface area contributed by atoms with E-state index in [2.05, 4.69) is 28.5 Å². The summed E-state index contributed by atoms with van der Waals surface area (Å²) in [7, 11) is 1.71. The molecule has 0 spiro atoms. The van der Waals surface area contributed by atoms with E-state index in [-0.39, 0.29) is 0 Å². The third kappa shape index (κ3) is 3.29. The fourth-order valence-corrected chi connectivity index (χ4v) is 1.82. The molecule has 0 aliphatic heterocycles. The van der Waals surface area contributed by atoms with Gasteiger partial charge in [0.1, 0.15) is 18.8 Å². The van der Waals surface area contributed by atoms with Crippen molar-refractivity contribution in [2.45, 2.75) is 13.1 Å². The van der Waals surface area contributed by atoms with Gasteiger partial charge in [0.25, 0.3) is 0 Å². The van der Waals surface area contributed by atoms with Crippen molar-refractivity contribution in [1.82, 2.24) is 0 Å². The van der Waals surface area contributed by atoms with Crippen molar-refractivity contribution >= 4 is 0 Å². The summed E-state index contributed by atoms with van der Waals surface area (Å²) in [6.07, 6.45) is 3.90. The number of benzene rings is 1. The Kier molecular flexibility index (Phi) is 4.11. The van der Waals surface area contributed by atoms with Crippen molar-refractivity contribution in [2.24, 2.45) is 0 Å². The molecule has 1 aromatic carbocycles. The lowest BCUT2D eigenvalue weighted by Gasteiger charge is -2.06. The maximum Gasteiger partial charge on any atom is 0.167 e. The van der Waals surface area contributed by atoms with E-state index in [1.807, 2.05) is 30.6 Å². The Hall–Kier alpha value is -1.87. The molecule has 88 valence electrons. The van der Waals surface area contributed by atoms with E-state index in [0.29, 0.717) is 0 Å². The molecule has 0 radical (unpaired) electrons. The zero-order chi connectivity index (χ0) is 11.9. The van der Waals surface area contributed by atoms with Gasteiger partial charge in [0.05, 0.1) is 7.11 Å². The molecule has 17 heavy (non-hydrogen) atoms. The Morgan fingerprint density at radius 2 is 1.82 bits per heavy atom. The number of pyridine rings is 1. The minimum atomic E-state index is 0.933. The highest BCUT2D eigenvalue weighted by atomic mass is 16.5. The van der Waals surface area contributed by atoms with Crippen LogP contribution in [0.2, 0.25) is 0 Å². The van der Waals surface area contributed by atoms with Crippen molar-refractivity contribution in [3.63, 3.8) is 0 Å². The molecule has 0 saturated carbocycles. The second-order valence-electron chi connectivity index (χ2n) is 3.92. The molecule has 3 heteroatoms. The molecule has 0 unspecified atom stereocenters. The average Bonchev–Trinajstić information content (AvgIpc) is 2.40. The van der Waals surface area contributed by atoms with Crippen LogP contribution < -0.4 is 15.0 Å². The largest absolute Gasteiger partial charge is 0.496 e. The molecule has 0 aliphatic rings. The summed E-state index contributed by atoms with van der Waals surface area (Å²) in [4.78, 5) is 3.03. The molecule has 0 amide bonds. The van der Waals surface area contributed by atoms with E-state index in [9.17, 15) is 0 Å². The van der Waals surface area contributed by atoms with Crippen LogP contribution >= 0.6 is 0 Å². The summed E-state index contributed by atoms with van der Waals surface area (Å²) in [6.45, 7) is 1.91. The van der Waals surface area contributed by atoms with E-state index < -0.39 is 0 Å². The number of nitrogens with one attached hydrogen (secondary N) is 1. The van der Waals surface area contributed by atoms with Gasteiger partial charge in [-0.2, -0.15) is 0 Å². The van der Waals surface area contributed by atoms with Crippen molar-refractivity contribution < 1.29 is 15.0 Å². The van der Waals surface area contributed by atoms with Crippen molar-refractivity contribution in [3.05, 3.63) is 59.9 Å². The number of methoxy groups -OCH3 is 1. The van der Waals surface area contributed by atoms with Crippen LogP contribution in [0.5, 0.6) is 5.75 Å². The van der Waals surface area contributed by atoms with E-state index in [4.69, 9.17) is 4.74 Å². The van der Waals surface area contributed by atoms with Crippen LogP contribution in [0.3, 0.4) is 0 Å². The quantitative estimate of drug-likeness (QED) is 0.810. The number of H-pyrrole nitrogens is 1. The zero-order valence-corrected chi connectivity index (χ0v) is 10.0. The molecule has 0 aliphatic carbocycles. The highest BCUT2D eigenvalue weighted by Crippen LogP contribution is 2.15. The number of hydrogen-bond donors (Lipinski definition) is 1. The first-order valence-electron chi connectivity index (χ1n) is 5.78. The number of aromatic amines is 1. The van der Waals surface area contributed by atoms with Crippen LogP contribution in [-0.4, -0.2) is 7.11 Å². The van der Waals surface area contributed by atoms with E-state index in [1.54, 1.807) is 7.11 Å². The van der Waals surface area contributed by atoms with Gasteiger partial charge < -0.3 is 10.1 Å². The molecule has 2 rings (SSSR count). The van der Waals surface area contributed by atoms with Crippen LogP contribution in [0.1, 0.15) is 11.1 Å². The molecular formula is C14H18N2O+2. The first-order valence-corrected chi connectivity index (χ1v) is 5.78. The van der Waals surface area contributed by atoms with Gasteiger partial charge in [-0.1, -0.05) is 12.1 Å². The standard InChI is InChI=1S/C14H16N2O/c1-17-14-5-3-2-4-13(14)11-16-10-12-6-8-15-9-7-12/h2-9,16H,10-11H2,1H3/p+2. The summed E-state index contributed by atoms with van der Waals surface area (Å²) < 4.78 is 5.32. The lowest BCUT2D eigenvalue weighted by atomic mass is 10.2. The van der Waals surface area contributed by atoms with E-state index >= 15 is 0 Å². The van der Waals surface area contributed by atoms with Gasteiger partial charge in [-0.05, 0) is 12.1 Å². The van der Waals surface area contributed by atoms with Gasteiger partial charge >= 0.3 is 0 Å². The fraction of sp³-hybridized carbons (Fsp3) is 0.214. The normalized spacial score (nSPS) is 10.2. The van der Waals surface area contributed by atoms with Crippen molar-refractivity contribution in [1.29, 1.82) is 0 Å². The van der Waals surface area contributed by atoms with Crippen LogP contribution in [0, 0.1) is 0 Å². The van der Waals surface area contributed by atoms with Gasteiger partial charge in [-0.15, -0.1) is 0 Å². The second-order valence-corrected chi connectivity index (χ2v) is 3.92. The Morgan fingerprint density at radius 1 is 1.06 bits per heavy atom. The van der Waals surface area contributed by atoms with Gasteiger partial charge in [-0.25, -0.2) is 4.98 Å². The predicted octanol–water partition coefficient (Wildman–Crippen LogP) is 0.773. The highest BCUT2D eigenvalue weighted by molar-refractivity contribution is 5.32. The van der Waals surface area contributed by atoms with E-state index in [1.165, 1.54) is 11.1 Å². The maximum atomic E-state index is 5.32. The van der Waals surface area contributed by atoms with E-state index in [0.717, 1.165) is 18.8 Å². The summed E-state index contributed by atoms with van der Waals surface area (Å²) in [6, 6.07) is 12.3. The van der Waals surface area contributed by atoms with Gasteiger partial charge in [-0.3, -0.25) is 0 Å². The maximum absolute atomic E-state index is 5.32. The number of para-hydroxylation sites is 1. The van der Waals surface area contributed by atoms with Crippen LogP contribution in [-0.2, 0) is 13.1 Å². The summed E-state index contributed by atoms with van der Waals surface area (Å²) in [5.74, 6) is 0.963. The number of aromatic nitrogens is 1. The Morgan fingerprint density at radius 3 is 2.59 bits per heavy atom. The first-order chi connectivity index (χ1) is 8.40. The molecule has 3 N–H and O–H groups in total. The van der Waals surface area contributed by atoms with Gasteiger partial charge in [0, 0.05) is 23.3 Å². The zero-order valence-electron chi connectivity index (χ0n) is 10.0. The average molecular weight is 230 g/mol. The molecule has 0 saturated heterocycles. The van der Waals surface area contributed by atoms with Gasteiger partial charge in [0.15, 0.2) is 12.4 Å². The fourth-order valence-electron chi connectivity index (χ4n) is 1.82. The Labute approximate surface area is 101 Å². The lowest BCUT2D eigenvalue weighted by molar-refractivity contribution is -0.686. The van der Waals surface area contributed by atoms with Gasteiger partial charge in [0.2, 0.25) is 0 Å². The van der Waals surface area contributed by atoms with Crippen LogP contribution in [0.4, 0.5) is 0 Å². The number of hydrogen-bond acceptors (Lipinski definition) is 1. The van der Waals surface area contributed by atoms with Crippen molar-refractivity contribution in [3.8, 4) is 5.75 Å².